The Hall–Kier alpha value is -2.31. The van der Waals surface area contributed by atoms with Crippen molar-refractivity contribution < 1.29 is 4.79 Å². The highest BCUT2D eigenvalue weighted by Crippen LogP contribution is 2.22. The van der Waals surface area contributed by atoms with Gasteiger partial charge in [0.15, 0.2) is 0 Å². The number of carbonyl (C=O) groups is 1. The number of hydrogen-bond acceptors (Lipinski definition) is 5. The minimum atomic E-state index is 0.218. The molecule has 0 fully saturated rings. The molecule has 0 bridgehead atoms. The maximum absolute atomic E-state index is 12.3. The zero-order valence-corrected chi connectivity index (χ0v) is 16.0. The average molecular weight is 389 g/mol. The lowest BCUT2D eigenvalue weighted by Crippen LogP contribution is -2.04. The summed E-state index contributed by atoms with van der Waals surface area (Å²) in [5, 5.41) is 7.06. The summed E-state index contributed by atoms with van der Waals surface area (Å²) in [6.07, 6.45) is 4.34. The van der Waals surface area contributed by atoms with Crippen molar-refractivity contribution in [3.63, 3.8) is 0 Å². The van der Waals surface area contributed by atoms with Gasteiger partial charge in [-0.3, -0.25) is 4.79 Å². The number of carbonyl (C=O) groups excluding carboxylic acids is 1. The second-order valence-corrected chi connectivity index (χ2v) is 8.25. The van der Waals surface area contributed by atoms with E-state index in [4.69, 9.17) is 11.1 Å². The molecule has 0 aliphatic carbocycles. The van der Waals surface area contributed by atoms with Crippen LogP contribution in [0.5, 0.6) is 0 Å². The molecule has 136 valence electrons. The van der Waals surface area contributed by atoms with Crippen LogP contribution in [0.1, 0.15) is 32.4 Å². The van der Waals surface area contributed by atoms with Gasteiger partial charge in [-0.15, -0.1) is 22.7 Å². The second kappa shape index (κ2) is 11.3. The molecule has 2 aromatic heterocycles. The Kier molecular flexibility index (Phi) is 8.72. The predicted molar refractivity (Wildman–Crippen MR) is 106 cm³/mol. The van der Waals surface area contributed by atoms with Gasteiger partial charge in [0.1, 0.15) is 5.78 Å². The molecule has 0 aliphatic heterocycles. The number of thiophene rings is 2. The summed E-state index contributed by atoms with van der Waals surface area (Å²) < 4.78 is 0. The number of ketones is 1. The van der Waals surface area contributed by atoms with Crippen LogP contribution >= 0.6 is 22.7 Å². The summed E-state index contributed by atoms with van der Waals surface area (Å²) in [5.74, 6) is 0.218. The van der Waals surface area contributed by atoms with Gasteiger partial charge >= 0.3 is 0 Å². The number of azide groups is 2. The summed E-state index contributed by atoms with van der Waals surface area (Å²) >= 11 is 3.32. The zero-order valence-electron chi connectivity index (χ0n) is 14.4. The Balaban J connectivity index is 1.76. The van der Waals surface area contributed by atoms with Crippen molar-refractivity contribution in [1.29, 1.82) is 0 Å². The standard InChI is InChI=1S/C17H20N6OS2/c18-22-20-9-1-3-14-5-7-16(25-14)11-13(24)12-17-8-6-15(26-17)4-2-10-21-23-19/h5-8H,1-4,9-12H2. The lowest BCUT2D eigenvalue weighted by atomic mass is 10.1. The zero-order chi connectivity index (χ0) is 18.6. The van der Waals surface area contributed by atoms with E-state index in [0.29, 0.717) is 25.9 Å². The van der Waals surface area contributed by atoms with E-state index in [9.17, 15) is 4.79 Å². The highest BCUT2D eigenvalue weighted by atomic mass is 32.1. The van der Waals surface area contributed by atoms with Gasteiger partial charge in [0, 0.05) is 55.3 Å². The first-order valence-electron chi connectivity index (χ1n) is 8.40. The van der Waals surface area contributed by atoms with Crippen molar-refractivity contribution in [3.8, 4) is 0 Å². The van der Waals surface area contributed by atoms with Crippen LogP contribution in [-0.4, -0.2) is 18.9 Å². The molecule has 0 N–H and O–H groups in total. The molecule has 2 aromatic rings. The van der Waals surface area contributed by atoms with Gasteiger partial charge in [-0.05, 0) is 61.0 Å². The highest BCUT2D eigenvalue weighted by Gasteiger charge is 2.10. The summed E-state index contributed by atoms with van der Waals surface area (Å²) in [4.78, 5) is 22.4. The van der Waals surface area contributed by atoms with E-state index in [2.05, 4.69) is 32.2 Å². The third kappa shape index (κ3) is 7.29. The van der Waals surface area contributed by atoms with Crippen molar-refractivity contribution in [1.82, 2.24) is 0 Å². The Morgan fingerprint density at radius 1 is 0.808 bits per heavy atom. The van der Waals surface area contributed by atoms with E-state index in [-0.39, 0.29) is 5.78 Å². The van der Waals surface area contributed by atoms with Crippen LogP contribution in [0.25, 0.3) is 20.9 Å². The Morgan fingerprint density at radius 3 is 1.65 bits per heavy atom. The van der Waals surface area contributed by atoms with Gasteiger partial charge in [0.2, 0.25) is 0 Å². The van der Waals surface area contributed by atoms with Crippen molar-refractivity contribution in [2.75, 3.05) is 13.1 Å². The van der Waals surface area contributed by atoms with Crippen molar-refractivity contribution >= 4 is 28.5 Å². The number of aryl methyl sites for hydroxylation is 2. The fourth-order valence-electron chi connectivity index (χ4n) is 2.49. The number of nitrogens with zero attached hydrogens (tertiary/aromatic N) is 6. The van der Waals surface area contributed by atoms with E-state index < -0.39 is 0 Å². The molecule has 26 heavy (non-hydrogen) atoms. The monoisotopic (exact) mass is 388 g/mol. The number of hydrogen-bond donors (Lipinski definition) is 0. The van der Waals surface area contributed by atoms with E-state index in [1.807, 2.05) is 12.1 Å². The van der Waals surface area contributed by atoms with Crippen molar-refractivity contribution in [2.24, 2.45) is 10.2 Å². The molecule has 0 radical (unpaired) electrons. The quantitative estimate of drug-likeness (QED) is 0.199. The van der Waals surface area contributed by atoms with E-state index in [1.54, 1.807) is 22.7 Å². The largest absolute Gasteiger partial charge is 0.299 e. The van der Waals surface area contributed by atoms with Gasteiger partial charge < -0.3 is 0 Å². The van der Waals surface area contributed by atoms with Crippen LogP contribution in [0.3, 0.4) is 0 Å². The van der Waals surface area contributed by atoms with Crippen molar-refractivity contribution in [3.05, 3.63) is 64.7 Å². The van der Waals surface area contributed by atoms with Crippen LogP contribution in [0, 0.1) is 0 Å². The lowest BCUT2D eigenvalue weighted by Gasteiger charge is -1.97. The predicted octanol–water partition coefficient (Wildman–Crippen LogP) is 5.65. The van der Waals surface area contributed by atoms with Gasteiger partial charge in [-0.1, -0.05) is 10.2 Å². The third-order valence-corrected chi connectivity index (χ3v) is 5.96. The first-order valence-corrected chi connectivity index (χ1v) is 10.0. The summed E-state index contributed by atoms with van der Waals surface area (Å²) in [7, 11) is 0. The maximum Gasteiger partial charge on any atom is 0.143 e. The molecule has 9 heteroatoms. The molecule has 7 nitrogen and oxygen atoms in total. The van der Waals surface area contributed by atoms with Gasteiger partial charge in [0.05, 0.1) is 0 Å². The SMILES string of the molecule is [N-]=[N+]=NCCCc1ccc(CC(=O)Cc2ccc(CCCN=[N+]=[N-])s2)s1. The number of rotatable bonds is 12. The summed E-state index contributed by atoms with van der Waals surface area (Å²) in [6, 6.07) is 8.13. The summed E-state index contributed by atoms with van der Waals surface area (Å²) in [5.41, 5.74) is 16.5. The average Bonchev–Trinajstić information content (AvgIpc) is 3.25. The van der Waals surface area contributed by atoms with E-state index in [1.165, 1.54) is 9.75 Å². The molecule has 0 unspecified atom stereocenters. The molecule has 2 rings (SSSR count). The van der Waals surface area contributed by atoms with Crippen LogP contribution in [-0.2, 0) is 30.5 Å². The minimum Gasteiger partial charge on any atom is -0.299 e. The molecule has 2 heterocycles. The Morgan fingerprint density at radius 2 is 1.23 bits per heavy atom. The molecular formula is C17H20N6OS2. The fraction of sp³-hybridized carbons (Fsp3) is 0.471. The van der Waals surface area contributed by atoms with Crippen LogP contribution in [0.4, 0.5) is 0 Å². The number of Topliss-reactive ketones (excluding diaryl/α,β-unsaturated/α-hetero) is 1. The van der Waals surface area contributed by atoms with Gasteiger partial charge in [-0.2, -0.15) is 0 Å². The Labute approximate surface area is 159 Å². The molecule has 0 spiro atoms. The lowest BCUT2D eigenvalue weighted by molar-refractivity contribution is -0.117. The normalized spacial score (nSPS) is 10.2. The highest BCUT2D eigenvalue weighted by molar-refractivity contribution is 7.12. The molecule has 0 amide bonds. The van der Waals surface area contributed by atoms with Gasteiger partial charge in [-0.25, -0.2) is 0 Å². The molecule has 0 atom stereocenters. The topological polar surface area (TPSA) is 115 Å². The molecule has 0 saturated heterocycles. The van der Waals surface area contributed by atoms with E-state index in [0.717, 1.165) is 35.4 Å². The summed E-state index contributed by atoms with van der Waals surface area (Å²) in [6.45, 7) is 1.01. The van der Waals surface area contributed by atoms with Crippen LogP contribution in [0.2, 0.25) is 0 Å². The first kappa shape index (κ1) is 20.0. The van der Waals surface area contributed by atoms with E-state index >= 15 is 0 Å². The smallest absolute Gasteiger partial charge is 0.143 e. The first-order chi connectivity index (χ1) is 12.7. The molecule has 0 saturated carbocycles. The Bertz CT molecular complexity index is 749. The van der Waals surface area contributed by atoms with Crippen LogP contribution in [0.15, 0.2) is 34.5 Å². The second-order valence-electron chi connectivity index (χ2n) is 5.74. The minimum absolute atomic E-state index is 0.218. The van der Waals surface area contributed by atoms with Crippen LogP contribution < -0.4 is 0 Å². The fourth-order valence-corrected chi connectivity index (χ4v) is 4.67. The maximum atomic E-state index is 12.3. The van der Waals surface area contributed by atoms with Gasteiger partial charge in [0.25, 0.3) is 0 Å². The third-order valence-electron chi connectivity index (χ3n) is 3.67. The molecular weight excluding hydrogens is 368 g/mol. The molecule has 0 aliphatic rings. The van der Waals surface area contributed by atoms with Crippen molar-refractivity contribution in [2.45, 2.75) is 38.5 Å². The molecule has 0 aromatic carbocycles.